The average molecular weight is 303 g/mol. The summed E-state index contributed by atoms with van der Waals surface area (Å²) >= 11 is 3.45. The number of aryl methyl sites for hydroxylation is 1. The Morgan fingerprint density at radius 3 is 2.88 bits per heavy atom. The first-order valence-electron chi connectivity index (χ1n) is 6.51. The second-order valence-electron chi connectivity index (χ2n) is 4.18. The maximum absolute atomic E-state index is 4.27. The largest absolute Gasteiger partial charge is 0.310 e. The predicted molar refractivity (Wildman–Crippen MR) is 74.3 cm³/mol. The van der Waals surface area contributed by atoms with Gasteiger partial charge in [-0.15, -0.1) is 0 Å². The molecule has 0 aliphatic rings. The highest BCUT2D eigenvalue weighted by Gasteiger charge is 2.01. The van der Waals surface area contributed by atoms with Gasteiger partial charge in [0.2, 0.25) is 0 Å². The third-order valence-electron chi connectivity index (χ3n) is 2.65. The van der Waals surface area contributed by atoms with Gasteiger partial charge in [-0.25, -0.2) is 9.67 Å². The number of halogens is 1. The lowest BCUT2D eigenvalue weighted by Gasteiger charge is -2.06. The van der Waals surface area contributed by atoms with Gasteiger partial charge in [-0.2, -0.15) is 5.10 Å². The molecule has 0 saturated heterocycles. The molecule has 0 amide bonds. The monoisotopic (exact) mass is 302 g/mol. The molecule has 0 unspecified atom stereocenters. The molecule has 0 aromatic carbocycles. The van der Waals surface area contributed by atoms with Crippen LogP contribution >= 0.6 is 15.9 Å². The fraction of sp³-hybridized carbons (Fsp3) is 0.833. The minimum Gasteiger partial charge on any atom is -0.310 e. The number of unbranched alkanes of at least 4 members (excludes halogenated alkanes) is 3. The molecular formula is C12H23BrN4. The third-order valence-corrected chi connectivity index (χ3v) is 3.21. The van der Waals surface area contributed by atoms with Crippen LogP contribution < -0.4 is 5.32 Å². The van der Waals surface area contributed by atoms with Gasteiger partial charge in [0.25, 0.3) is 0 Å². The van der Waals surface area contributed by atoms with E-state index in [1.807, 2.05) is 4.68 Å². The Morgan fingerprint density at radius 1 is 1.29 bits per heavy atom. The van der Waals surface area contributed by atoms with Crippen LogP contribution in [-0.2, 0) is 13.1 Å². The Bertz CT molecular complexity index is 288. The SMILES string of the molecule is CCCn1ncnc1CNCCCCCCBr. The Kier molecular flexibility index (Phi) is 8.26. The van der Waals surface area contributed by atoms with E-state index >= 15 is 0 Å². The quantitative estimate of drug-likeness (QED) is 0.534. The zero-order valence-electron chi connectivity index (χ0n) is 10.7. The topological polar surface area (TPSA) is 42.7 Å². The van der Waals surface area contributed by atoms with E-state index in [1.54, 1.807) is 6.33 Å². The number of hydrogen-bond donors (Lipinski definition) is 1. The van der Waals surface area contributed by atoms with Crippen molar-refractivity contribution in [2.45, 2.75) is 52.1 Å². The van der Waals surface area contributed by atoms with Crippen molar-refractivity contribution in [3.8, 4) is 0 Å². The highest BCUT2D eigenvalue weighted by atomic mass is 79.9. The van der Waals surface area contributed by atoms with Gasteiger partial charge in [0.05, 0.1) is 6.54 Å². The summed E-state index contributed by atoms with van der Waals surface area (Å²) in [7, 11) is 0. The van der Waals surface area contributed by atoms with Crippen molar-refractivity contribution >= 4 is 15.9 Å². The summed E-state index contributed by atoms with van der Waals surface area (Å²) in [6.07, 6.45) is 7.89. The minimum atomic E-state index is 0.832. The summed E-state index contributed by atoms with van der Waals surface area (Å²) in [6.45, 7) is 5.02. The van der Waals surface area contributed by atoms with E-state index in [1.165, 1.54) is 25.7 Å². The predicted octanol–water partition coefficient (Wildman–Crippen LogP) is 2.73. The van der Waals surface area contributed by atoms with Crippen molar-refractivity contribution in [1.82, 2.24) is 20.1 Å². The second kappa shape index (κ2) is 9.59. The molecule has 1 N–H and O–H groups in total. The van der Waals surface area contributed by atoms with Gasteiger partial charge in [-0.3, -0.25) is 0 Å². The number of hydrogen-bond acceptors (Lipinski definition) is 3. The zero-order valence-corrected chi connectivity index (χ0v) is 12.2. The van der Waals surface area contributed by atoms with E-state index in [4.69, 9.17) is 0 Å². The summed E-state index contributed by atoms with van der Waals surface area (Å²) < 4.78 is 1.98. The van der Waals surface area contributed by atoms with Crippen molar-refractivity contribution in [2.24, 2.45) is 0 Å². The van der Waals surface area contributed by atoms with Crippen molar-refractivity contribution in [3.05, 3.63) is 12.2 Å². The minimum absolute atomic E-state index is 0.832. The number of nitrogens with one attached hydrogen (secondary N) is 1. The Morgan fingerprint density at radius 2 is 2.12 bits per heavy atom. The molecule has 0 fully saturated rings. The van der Waals surface area contributed by atoms with E-state index < -0.39 is 0 Å². The summed E-state index contributed by atoms with van der Waals surface area (Å²) in [4.78, 5) is 4.27. The second-order valence-corrected chi connectivity index (χ2v) is 4.97. The van der Waals surface area contributed by atoms with E-state index in [9.17, 15) is 0 Å². The highest BCUT2D eigenvalue weighted by molar-refractivity contribution is 9.09. The maximum Gasteiger partial charge on any atom is 0.140 e. The molecule has 4 nitrogen and oxygen atoms in total. The number of rotatable bonds is 10. The van der Waals surface area contributed by atoms with Gasteiger partial charge < -0.3 is 5.32 Å². The molecule has 0 radical (unpaired) electrons. The van der Waals surface area contributed by atoms with Crippen LogP contribution in [0.1, 0.15) is 44.9 Å². The molecule has 98 valence electrons. The smallest absolute Gasteiger partial charge is 0.140 e. The van der Waals surface area contributed by atoms with E-state index in [2.05, 4.69) is 38.3 Å². The molecule has 0 spiro atoms. The van der Waals surface area contributed by atoms with Crippen molar-refractivity contribution in [2.75, 3.05) is 11.9 Å². The van der Waals surface area contributed by atoms with Gasteiger partial charge in [-0.05, 0) is 25.8 Å². The summed E-state index contributed by atoms with van der Waals surface area (Å²) in [5, 5.41) is 8.76. The molecule has 0 aliphatic carbocycles. The summed E-state index contributed by atoms with van der Waals surface area (Å²) in [6, 6.07) is 0. The molecule has 1 aromatic heterocycles. The number of aromatic nitrogens is 3. The highest BCUT2D eigenvalue weighted by Crippen LogP contribution is 2.01. The molecule has 17 heavy (non-hydrogen) atoms. The Labute approximate surface area is 112 Å². The Hall–Kier alpha value is -0.420. The van der Waals surface area contributed by atoms with Gasteiger partial charge >= 0.3 is 0 Å². The van der Waals surface area contributed by atoms with Crippen molar-refractivity contribution < 1.29 is 0 Å². The molecule has 5 heteroatoms. The zero-order chi connectivity index (χ0) is 12.3. The van der Waals surface area contributed by atoms with Crippen LogP contribution in [0.2, 0.25) is 0 Å². The fourth-order valence-corrected chi connectivity index (χ4v) is 2.12. The van der Waals surface area contributed by atoms with Gasteiger partial charge in [0, 0.05) is 11.9 Å². The molecule has 0 aliphatic heterocycles. The lowest BCUT2D eigenvalue weighted by atomic mass is 10.2. The molecule has 1 rings (SSSR count). The van der Waals surface area contributed by atoms with Crippen LogP contribution in [-0.4, -0.2) is 26.6 Å². The third kappa shape index (κ3) is 6.17. The molecule has 0 bridgehead atoms. The van der Waals surface area contributed by atoms with Crippen LogP contribution in [0.15, 0.2) is 6.33 Å². The van der Waals surface area contributed by atoms with E-state index in [0.717, 1.165) is 37.2 Å². The van der Waals surface area contributed by atoms with Crippen molar-refractivity contribution in [3.63, 3.8) is 0 Å². The molecule has 0 atom stereocenters. The first-order valence-corrected chi connectivity index (χ1v) is 7.64. The lowest BCUT2D eigenvalue weighted by molar-refractivity contribution is 0.531. The van der Waals surface area contributed by atoms with Crippen LogP contribution in [0.25, 0.3) is 0 Å². The van der Waals surface area contributed by atoms with Crippen LogP contribution in [0.3, 0.4) is 0 Å². The van der Waals surface area contributed by atoms with E-state index in [0.29, 0.717) is 0 Å². The molecular weight excluding hydrogens is 280 g/mol. The summed E-state index contributed by atoms with van der Waals surface area (Å²) in [5.74, 6) is 1.05. The lowest BCUT2D eigenvalue weighted by Crippen LogP contribution is -2.18. The molecule has 1 heterocycles. The maximum atomic E-state index is 4.27. The molecule has 1 aromatic rings. The van der Waals surface area contributed by atoms with E-state index in [-0.39, 0.29) is 0 Å². The van der Waals surface area contributed by atoms with Crippen LogP contribution in [0.4, 0.5) is 0 Å². The van der Waals surface area contributed by atoms with Crippen LogP contribution in [0, 0.1) is 0 Å². The van der Waals surface area contributed by atoms with Gasteiger partial charge in [0.15, 0.2) is 0 Å². The normalized spacial score (nSPS) is 10.9. The Balaban J connectivity index is 2.07. The number of nitrogens with zero attached hydrogens (tertiary/aromatic N) is 3. The first-order chi connectivity index (χ1) is 8.38. The average Bonchev–Trinajstić information content (AvgIpc) is 2.76. The van der Waals surface area contributed by atoms with Crippen LogP contribution in [0.5, 0.6) is 0 Å². The fourth-order valence-electron chi connectivity index (χ4n) is 1.72. The molecule has 0 saturated carbocycles. The van der Waals surface area contributed by atoms with Gasteiger partial charge in [-0.1, -0.05) is 35.7 Å². The van der Waals surface area contributed by atoms with Gasteiger partial charge in [0.1, 0.15) is 12.2 Å². The van der Waals surface area contributed by atoms with Crippen molar-refractivity contribution in [1.29, 1.82) is 0 Å². The first kappa shape index (κ1) is 14.6. The number of alkyl halides is 1. The summed E-state index contributed by atoms with van der Waals surface area (Å²) in [5.41, 5.74) is 0. The standard InChI is InChI=1S/C12H23BrN4/c1-2-9-17-12(15-11-16-17)10-14-8-6-4-3-5-7-13/h11,14H,2-10H2,1H3.